The van der Waals surface area contributed by atoms with E-state index >= 15 is 0 Å². The van der Waals surface area contributed by atoms with Crippen molar-refractivity contribution in [2.75, 3.05) is 18.8 Å². The summed E-state index contributed by atoms with van der Waals surface area (Å²) >= 11 is 1.31. The van der Waals surface area contributed by atoms with Gasteiger partial charge in [-0.25, -0.2) is 13.4 Å². The van der Waals surface area contributed by atoms with Crippen molar-refractivity contribution < 1.29 is 13.2 Å². The summed E-state index contributed by atoms with van der Waals surface area (Å²) in [4.78, 5) is 16.9. The van der Waals surface area contributed by atoms with Gasteiger partial charge in [0.2, 0.25) is 15.9 Å². The molecule has 0 spiro atoms. The molecule has 0 unspecified atom stereocenters. The van der Waals surface area contributed by atoms with Crippen LogP contribution in [-0.4, -0.2) is 42.5 Å². The Morgan fingerprint density at radius 3 is 2.55 bits per heavy atom. The minimum atomic E-state index is -3.46. The van der Waals surface area contributed by atoms with Crippen LogP contribution in [0.5, 0.6) is 0 Å². The lowest BCUT2D eigenvalue weighted by atomic mass is 9.89. The van der Waals surface area contributed by atoms with E-state index in [0.717, 1.165) is 31.2 Å². The van der Waals surface area contributed by atoms with Crippen molar-refractivity contribution in [3.05, 3.63) is 53.2 Å². The van der Waals surface area contributed by atoms with Crippen molar-refractivity contribution in [1.29, 1.82) is 0 Å². The van der Waals surface area contributed by atoms with Crippen LogP contribution in [0.2, 0.25) is 0 Å². The van der Waals surface area contributed by atoms with Crippen LogP contribution in [0, 0.1) is 0 Å². The van der Waals surface area contributed by atoms with Crippen molar-refractivity contribution >= 4 is 27.7 Å². The summed E-state index contributed by atoms with van der Waals surface area (Å²) in [6, 6.07) is 9.74. The summed E-state index contributed by atoms with van der Waals surface area (Å²) in [5.74, 6) is 0.173. The van der Waals surface area contributed by atoms with Gasteiger partial charge in [0, 0.05) is 19.3 Å². The number of benzene rings is 1. The Morgan fingerprint density at radius 1 is 1.10 bits per heavy atom. The monoisotopic (exact) mass is 459 g/mol. The Hall–Kier alpha value is -1.90. The lowest BCUT2D eigenvalue weighted by molar-refractivity contribution is -0.119. The summed E-state index contributed by atoms with van der Waals surface area (Å²) < 4.78 is 26.7. The Bertz CT molecular complexity index is 1030. The number of amides is 1. The van der Waals surface area contributed by atoms with Gasteiger partial charge in [-0.1, -0.05) is 30.0 Å². The van der Waals surface area contributed by atoms with Gasteiger partial charge in [-0.05, 0) is 74.3 Å². The van der Waals surface area contributed by atoms with E-state index in [1.807, 2.05) is 6.92 Å². The second-order valence-electron chi connectivity index (χ2n) is 8.26. The highest BCUT2D eigenvalue weighted by Gasteiger charge is 2.27. The van der Waals surface area contributed by atoms with Crippen molar-refractivity contribution in [2.24, 2.45) is 0 Å². The van der Waals surface area contributed by atoms with Crippen LogP contribution in [0.25, 0.3) is 0 Å². The highest BCUT2D eigenvalue weighted by Crippen LogP contribution is 2.25. The van der Waals surface area contributed by atoms with Gasteiger partial charge in [0.25, 0.3) is 0 Å². The molecular weight excluding hydrogens is 430 g/mol. The molecule has 31 heavy (non-hydrogen) atoms. The molecular formula is C23H29N3O3S2. The normalized spacial score (nSPS) is 17.8. The third-order valence-corrected chi connectivity index (χ3v) is 8.84. The first kappa shape index (κ1) is 22.3. The highest BCUT2D eigenvalue weighted by molar-refractivity contribution is 7.99. The second-order valence-corrected chi connectivity index (χ2v) is 11.2. The Balaban J connectivity index is 1.30. The number of sulfonamides is 1. The Labute approximate surface area is 188 Å². The molecule has 1 amide bonds. The molecule has 1 saturated heterocycles. The molecule has 1 fully saturated rings. The average molecular weight is 460 g/mol. The molecule has 1 N–H and O–H groups in total. The first-order valence-corrected chi connectivity index (χ1v) is 13.4. The number of nitrogens with zero attached hydrogens (tertiary/aromatic N) is 2. The topological polar surface area (TPSA) is 79.4 Å². The van der Waals surface area contributed by atoms with E-state index in [0.29, 0.717) is 18.1 Å². The number of aromatic nitrogens is 1. The summed E-state index contributed by atoms with van der Waals surface area (Å²) in [6.07, 6.45) is 7.96. The average Bonchev–Trinajstić information content (AvgIpc) is 3.33. The number of pyridine rings is 1. The maximum atomic E-state index is 12.6. The highest BCUT2D eigenvalue weighted by atomic mass is 32.2. The van der Waals surface area contributed by atoms with E-state index < -0.39 is 10.0 Å². The van der Waals surface area contributed by atoms with Gasteiger partial charge in [-0.3, -0.25) is 4.79 Å². The number of thioether (sulfide) groups is 1. The molecule has 1 aliphatic carbocycles. The lowest BCUT2D eigenvalue weighted by Gasteiger charge is -2.20. The van der Waals surface area contributed by atoms with Gasteiger partial charge >= 0.3 is 0 Å². The molecule has 8 heteroatoms. The number of hydrogen-bond donors (Lipinski definition) is 1. The van der Waals surface area contributed by atoms with Crippen LogP contribution in [0.1, 0.15) is 55.3 Å². The van der Waals surface area contributed by atoms with E-state index in [1.165, 1.54) is 46.2 Å². The Morgan fingerprint density at radius 2 is 1.84 bits per heavy atom. The molecule has 166 valence electrons. The number of carbonyl (C=O) groups excluding carboxylic acids is 1. The first-order chi connectivity index (χ1) is 14.9. The fourth-order valence-electron chi connectivity index (χ4n) is 4.21. The molecule has 1 atom stereocenters. The van der Waals surface area contributed by atoms with Gasteiger partial charge in [-0.15, -0.1) is 0 Å². The van der Waals surface area contributed by atoms with Crippen molar-refractivity contribution in [3.63, 3.8) is 0 Å². The molecule has 2 aromatic rings. The molecule has 0 saturated carbocycles. The first-order valence-electron chi connectivity index (χ1n) is 10.9. The van der Waals surface area contributed by atoms with Crippen LogP contribution in [0.4, 0.5) is 0 Å². The number of nitrogens with one attached hydrogen (secondary N) is 1. The smallest absolute Gasteiger partial charge is 0.244 e. The number of carbonyl (C=O) groups is 1. The SMILES string of the molecule is C[C@@H](NC(=O)CSc1ccc(S(=O)(=O)N2CCCC2)cn1)c1ccc2c(c1)CCCC2. The molecule has 0 bridgehead atoms. The molecule has 6 nitrogen and oxygen atoms in total. The minimum absolute atomic E-state index is 0.0544. The van der Waals surface area contributed by atoms with E-state index in [-0.39, 0.29) is 22.6 Å². The van der Waals surface area contributed by atoms with E-state index in [9.17, 15) is 13.2 Å². The van der Waals surface area contributed by atoms with Crippen LogP contribution in [0.3, 0.4) is 0 Å². The summed E-state index contributed by atoms with van der Waals surface area (Å²) in [7, 11) is -3.46. The van der Waals surface area contributed by atoms with Crippen LogP contribution in [0.15, 0.2) is 46.5 Å². The quantitative estimate of drug-likeness (QED) is 0.639. The van der Waals surface area contributed by atoms with Crippen molar-refractivity contribution in [3.8, 4) is 0 Å². The zero-order chi connectivity index (χ0) is 21.8. The summed E-state index contributed by atoms with van der Waals surface area (Å²) in [5, 5.41) is 3.69. The molecule has 0 radical (unpaired) electrons. The number of fused-ring (bicyclic) bond motifs is 1. The maximum absolute atomic E-state index is 12.6. The Kier molecular flexibility index (Phi) is 6.99. The van der Waals surface area contributed by atoms with E-state index in [4.69, 9.17) is 0 Å². The van der Waals surface area contributed by atoms with E-state index in [1.54, 1.807) is 12.1 Å². The van der Waals surface area contributed by atoms with Gasteiger partial charge in [-0.2, -0.15) is 4.31 Å². The lowest BCUT2D eigenvalue weighted by Crippen LogP contribution is -2.28. The summed E-state index contributed by atoms with van der Waals surface area (Å²) in [5.41, 5.74) is 3.98. The van der Waals surface area contributed by atoms with Gasteiger partial charge in [0.15, 0.2) is 0 Å². The fourth-order valence-corrected chi connectivity index (χ4v) is 6.33. The fraction of sp³-hybridized carbons (Fsp3) is 0.478. The molecule has 1 aromatic heterocycles. The largest absolute Gasteiger partial charge is 0.349 e. The molecule has 2 aliphatic rings. The minimum Gasteiger partial charge on any atom is -0.349 e. The number of rotatable bonds is 7. The third kappa shape index (κ3) is 5.30. The van der Waals surface area contributed by atoms with Gasteiger partial charge < -0.3 is 5.32 Å². The zero-order valence-electron chi connectivity index (χ0n) is 17.8. The van der Waals surface area contributed by atoms with Gasteiger partial charge in [0.1, 0.15) is 4.90 Å². The van der Waals surface area contributed by atoms with Gasteiger partial charge in [0.05, 0.1) is 16.8 Å². The van der Waals surface area contributed by atoms with Crippen LogP contribution >= 0.6 is 11.8 Å². The van der Waals surface area contributed by atoms with Crippen molar-refractivity contribution in [2.45, 2.75) is 61.4 Å². The molecule has 2 heterocycles. The number of aryl methyl sites for hydroxylation is 2. The second kappa shape index (κ2) is 9.71. The predicted molar refractivity (Wildman–Crippen MR) is 123 cm³/mol. The third-order valence-electron chi connectivity index (χ3n) is 6.01. The zero-order valence-corrected chi connectivity index (χ0v) is 19.5. The molecule has 1 aromatic carbocycles. The van der Waals surface area contributed by atoms with Crippen molar-refractivity contribution in [1.82, 2.24) is 14.6 Å². The van der Waals surface area contributed by atoms with E-state index in [2.05, 4.69) is 28.5 Å². The molecule has 4 rings (SSSR count). The predicted octanol–water partition coefficient (Wildman–Crippen LogP) is 3.71. The summed E-state index contributed by atoms with van der Waals surface area (Å²) in [6.45, 7) is 3.15. The van der Waals surface area contributed by atoms with Crippen LogP contribution < -0.4 is 5.32 Å². The number of hydrogen-bond acceptors (Lipinski definition) is 5. The standard InChI is InChI=1S/C23H29N3O3S2/c1-17(19-9-8-18-6-2-3-7-20(18)14-19)25-22(27)16-30-23-11-10-21(15-24-23)31(28,29)26-12-4-5-13-26/h8-11,14-15,17H,2-7,12-13,16H2,1H3,(H,25,27)/t17-/m1/s1. The van der Waals surface area contributed by atoms with Crippen LogP contribution in [-0.2, 0) is 27.7 Å². The molecule has 1 aliphatic heterocycles. The maximum Gasteiger partial charge on any atom is 0.244 e.